The molecule has 1 aliphatic carbocycles. The Labute approximate surface area is 217 Å². The van der Waals surface area contributed by atoms with E-state index in [1.54, 1.807) is 19.1 Å². The van der Waals surface area contributed by atoms with Crippen molar-refractivity contribution in [1.29, 1.82) is 0 Å². The standard InChI is InChI=1S/C27H28FN5O3S/c1-3-36-26(35)24-25(34)30-19-13-21(23(14-20(19)29-24)33(2)18-7-5-4-6-8-18)31-27-32-22(15-37-27)16-9-11-17(28)12-10-16/h9-15,18H,3-8H2,1-2H3,(H,30,34)(H,31,32). The minimum atomic E-state index is -0.744. The van der Waals surface area contributed by atoms with Crippen LogP contribution in [0.3, 0.4) is 0 Å². The van der Waals surface area contributed by atoms with Gasteiger partial charge in [-0.2, -0.15) is 0 Å². The quantitative estimate of drug-likeness (QED) is 0.293. The Morgan fingerprint density at radius 2 is 1.95 bits per heavy atom. The summed E-state index contributed by atoms with van der Waals surface area (Å²) in [5.74, 6) is -1.04. The summed E-state index contributed by atoms with van der Waals surface area (Å²) in [5.41, 5.74) is 3.36. The zero-order valence-corrected chi connectivity index (χ0v) is 21.5. The molecule has 0 amide bonds. The normalized spacial score (nSPS) is 14.0. The van der Waals surface area contributed by atoms with E-state index >= 15 is 0 Å². The van der Waals surface area contributed by atoms with E-state index in [9.17, 15) is 14.0 Å². The average molecular weight is 522 g/mol. The highest BCUT2D eigenvalue weighted by Crippen LogP contribution is 2.36. The molecule has 0 spiro atoms. The smallest absolute Gasteiger partial charge is 0.362 e. The molecule has 0 atom stereocenters. The molecule has 4 aromatic rings. The molecule has 192 valence electrons. The Balaban J connectivity index is 1.55. The van der Waals surface area contributed by atoms with Gasteiger partial charge in [-0.1, -0.05) is 19.3 Å². The third kappa shape index (κ3) is 5.34. The first-order valence-electron chi connectivity index (χ1n) is 12.4. The zero-order valence-electron chi connectivity index (χ0n) is 20.7. The van der Waals surface area contributed by atoms with Crippen LogP contribution in [0.2, 0.25) is 0 Å². The van der Waals surface area contributed by atoms with E-state index in [0.717, 1.165) is 35.5 Å². The van der Waals surface area contributed by atoms with Gasteiger partial charge >= 0.3 is 5.97 Å². The lowest BCUT2D eigenvalue weighted by molar-refractivity contribution is 0.0517. The van der Waals surface area contributed by atoms with Gasteiger partial charge in [0, 0.05) is 24.0 Å². The summed E-state index contributed by atoms with van der Waals surface area (Å²) < 4.78 is 18.3. The number of ether oxygens (including phenoxy) is 1. The second-order valence-electron chi connectivity index (χ2n) is 9.09. The van der Waals surface area contributed by atoms with Crippen molar-refractivity contribution in [3.8, 4) is 11.3 Å². The molecule has 5 rings (SSSR count). The van der Waals surface area contributed by atoms with Crippen molar-refractivity contribution in [2.75, 3.05) is 23.9 Å². The van der Waals surface area contributed by atoms with E-state index in [0.29, 0.717) is 22.2 Å². The molecular formula is C27H28FN5O3S. The van der Waals surface area contributed by atoms with Gasteiger partial charge in [0.05, 0.1) is 34.7 Å². The molecule has 1 saturated carbocycles. The number of anilines is 3. The monoisotopic (exact) mass is 521 g/mol. The first kappa shape index (κ1) is 24.9. The van der Waals surface area contributed by atoms with Crippen molar-refractivity contribution in [1.82, 2.24) is 15.0 Å². The number of H-pyrrole nitrogens is 1. The lowest BCUT2D eigenvalue weighted by Gasteiger charge is -2.34. The molecule has 2 N–H and O–H groups in total. The summed E-state index contributed by atoms with van der Waals surface area (Å²) in [6.07, 6.45) is 5.78. The van der Waals surface area contributed by atoms with Crippen LogP contribution in [0.5, 0.6) is 0 Å². The molecule has 8 nitrogen and oxygen atoms in total. The van der Waals surface area contributed by atoms with E-state index in [1.807, 2.05) is 17.5 Å². The lowest BCUT2D eigenvalue weighted by Crippen LogP contribution is -2.33. The molecule has 0 aliphatic heterocycles. The van der Waals surface area contributed by atoms with Crippen LogP contribution in [0.4, 0.5) is 20.9 Å². The number of aromatic amines is 1. The third-order valence-corrected chi connectivity index (χ3v) is 7.42. The lowest BCUT2D eigenvalue weighted by atomic mass is 9.94. The van der Waals surface area contributed by atoms with Crippen LogP contribution in [0.25, 0.3) is 22.3 Å². The predicted octanol–water partition coefficient (Wildman–Crippen LogP) is 5.87. The molecule has 2 aromatic heterocycles. The number of nitrogens with one attached hydrogen (secondary N) is 2. The Bertz CT molecular complexity index is 1480. The summed E-state index contributed by atoms with van der Waals surface area (Å²) in [6, 6.07) is 10.3. The molecule has 0 unspecified atom stereocenters. The van der Waals surface area contributed by atoms with E-state index in [2.05, 4.69) is 27.2 Å². The number of nitrogens with zero attached hydrogens (tertiary/aromatic N) is 3. The zero-order chi connectivity index (χ0) is 25.9. The minimum Gasteiger partial charge on any atom is -0.461 e. The Kier molecular flexibility index (Phi) is 7.18. The number of rotatable bonds is 7. The first-order chi connectivity index (χ1) is 17.9. The fraction of sp³-hybridized carbons (Fsp3) is 0.333. The summed E-state index contributed by atoms with van der Waals surface area (Å²) >= 11 is 1.44. The number of benzene rings is 2. The number of hydrogen-bond acceptors (Lipinski definition) is 8. The van der Waals surface area contributed by atoms with Crippen LogP contribution < -0.4 is 15.8 Å². The molecule has 2 aromatic carbocycles. The van der Waals surface area contributed by atoms with Gasteiger partial charge in [0.2, 0.25) is 5.69 Å². The van der Waals surface area contributed by atoms with Gasteiger partial charge in [-0.25, -0.2) is 19.2 Å². The van der Waals surface area contributed by atoms with Crippen LogP contribution in [0.15, 0.2) is 46.6 Å². The van der Waals surface area contributed by atoms with Crippen molar-refractivity contribution < 1.29 is 13.9 Å². The number of fused-ring (bicyclic) bond motifs is 1. The van der Waals surface area contributed by atoms with Crippen LogP contribution in [0, 0.1) is 5.82 Å². The van der Waals surface area contributed by atoms with Gasteiger partial charge in [0.15, 0.2) is 5.13 Å². The maximum atomic E-state index is 13.3. The van der Waals surface area contributed by atoms with Gasteiger partial charge in [-0.05, 0) is 56.2 Å². The van der Waals surface area contributed by atoms with E-state index in [-0.39, 0.29) is 18.1 Å². The van der Waals surface area contributed by atoms with Crippen LogP contribution in [-0.2, 0) is 4.74 Å². The van der Waals surface area contributed by atoms with Crippen LogP contribution >= 0.6 is 11.3 Å². The second-order valence-corrected chi connectivity index (χ2v) is 9.95. The van der Waals surface area contributed by atoms with Crippen LogP contribution in [0.1, 0.15) is 49.5 Å². The average Bonchev–Trinajstić information content (AvgIpc) is 3.37. The summed E-state index contributed by atoms with van der Waals surface area (Å²) in [4.78, 5) is 38.9. The topological polar surface area (TPSA) is 100 Å². The number of thiazole rings is 1. The van der Waals surface area contributed by atoms with Crippen LogP contribution in [-0.4, -0.2) is 40.6 Å². The highest BCUT2D eigenvalue weighted by Gasteiger charge is 2.23. The van der Waals surface area contributed by atoms with Gasteiger partial charge in [0.1, 0.15) is 5.82 Å². The number of hydrogen-bond donors (Lipinski definition) is 2. The number of carbonyl (C=O) groups excluding carboxylic acids is 1. The minimum absolute atomic E-state index is 0.157. The number of carbonyl (C=O) groups is 1. The Morgan fingerprint density at radius 3 is 2.68 bits per heavy atom. The second kappa shape index (κ2) is 10.7. The maximum Gasteiger partial charge on any atom is 0.362 e. The highest BCUT2D eigenvalue weighted by molar-refractivity contribution is 7.14. The number of esters is 1. The Morgan fingerprint density at radius 1 is 1.19 bits per heavy atom. The fourth-order valence-electron chi connectivity index (χ4n) is 4.72. The SMILES string of the molecule is CCOC(=O)c1nc2cc(N(C)C3CCCCC3)c(Nc3nc(-c4ccc(F)cc4)cs3)cc2[nH]c1=O. The molecule has 0 radical (unpaired) electrons. The van der Waals surface area contributed by atoms with Crippen molar-refractivity contribution in [2.24, 2.45) is 0 Å². The molecule has 0 saturated heterocycles. The first-order valence-corrected chi connectivity index (χ1v) is 13.3. The summed E-state index contributed by atoms with van der Waals surface area (Å²) in [5, 5.41) is 5.99. The van der Waals surface area contributed by atoms with Gasteiger partial charge in [-0.3, -0.25) is 4.79 Å². The molecule has 2 heterocycles. The van der Waals surface area contributed by atoms with Crippen molar-refractivity contribution in [3.63, 3.8) is 0 Å². The number of aromatic nitrogens is 3. The van der Waals surface area contributed by atoms with Crippen molar-refractivity contribution in [2.45, 2.75) is 45.1 Å². The van der Waals surface area contributed by atoms with Gasteiger partial charge in [-0.15, -0.1) is 11.3 Å². The van der Waals surface area contributed by atoms with E-state index in [1.165, 1.54) is 42.7 Å². The Hall–Kier alpha value is -3.79. The van der Waals surface area contributed by atoms with Gasteiger partial charge < -0.3 is 19.9 Å². The molecule has 1 aliphatic rings. The largest absolute Gasteiger partial charge is 0.461 e. The fourth-order valence-corrected chi connectivity index (χ4v) is 5.45. The molecule has 0 bridgehead atoms. The number of halogens is 1. The predicted molar refractivity (Wildman–Crippen MR) is 144 cm³/mol. The highest BCUT2D eigenvalue weighted by atomic mass is 32.1. The maximum absolute atomic E-state index is 13.3. The molecule has 10 heteroatoms. The van der Waals surface area contributed by atoms with E-state index in [4.69, 9.17) is 9.72 Å². The van der Waals surface area contributed by atoms with Crippen molar-refractivity contribution in [3.05, 3.63) is 63.6 Å². The summed E-state index contributed by atoms with van der Waals surface area (Å²) in [6.45, 7) is 1.84. The third-order valence-electron chi connectivity index (χ3n) is 6.67. The molecule has 1 fully saturated rings. The molecular weight excluding hydrogens is 493 g/mol. The summed E-state index contributed by atoms with van der Waals surface area (Å²) in [7, 11) is 2.06. The van der Waals surface area contributed by atoms with Gasteiger partial charge in [0.25, 0.3) is 5.56 Å². The molecule has 37 heavy (non-hydrogen) atoms. The van der Waals surface area contributed by atoms with Crippen molar-refractivity contribution >= 4 is 44.8 Å². The van der Waals surface area contributed by atoms with E-state index < -0.39 is 11.5 Å².